The molecule has 0 aliphatic rings. The van der Waals surface area contributed by atoms with Gasteiger partial charge in [0.15, 0.2) is 0 Å². The monoisotopic (exact) mass is 327 g/mol. The van der Waals surface area contributed by atoms with Crippen LogP contribution in [0, 0.1) is 0 Å². The Balaban J connectivity index is 2.21. The fourth-order valence-corrected chi connectivity index (χ4v) is 2.73. The zero-order valence-corrected chi connectivity index (χ0v) is 12.3. The quantitative estimate of drug-likeness (QED) is 0.581. The molecule has 5 nitrogen and oxygen atoms in total. The van der Waals surface area contributed by atoms with Crippen molar-refractivity contribution in [2.75, 3.05) is 10.7 Å². The molecule has 0 saturated heterocycles. The molecule has 4 N–H and O–H groups in total. The maximum absolute atomic E-state index is 5.31. The molecule has 0 aliphatic heterocycles. The Labute approximate surface area is 118 Å². The molecular formula is C11H14BrN5S. The molecule has 0 fully saturated rings. The Bertz CT molecular complexity index is 502. The van der Waals surface area contributed by atoms with Gasteiger partial charge in [-0.15, -0.1) is 11.3 Å². The van der Waals surface area contributed by atoms with E-state index in [-0.39, 0.29) is 6.04 Å². The van der Waals surface area contributed by atoms with E-state index in [1.165, 1.54) is 4.88 Å². The molecule has 18 heavy (non-hydrogen) atoms. The first-order valence-electron chi connectivity index (χ1n) is 5.53. The first-order valence-corrected chi connectivity index (χ1v) is 7.21. The van der Waals surface area contributed by atoms with Crippen molar-refractivity contribution in [1.29, 1.82) is 0 Å². The molecule has 0 aliphatic carbocycles. The van der Waals surface area contributed by atoms with Crippen molar-refractivity contribution in [2.24, 2.45) is 5.84 Å². The van der Waals surface area contributed by atoms with Crippen molar-refractivity contribution < 1.29 is 0 Å². The minimum absolute atomic E-state index is 0.238. The van der Waals surface area contributed by atoms with Gasteiger partial charge in [0.2, 0.25) is 5.95 Å². The van der Waals surface area contributed by atoms with E-state index in [0.29, 0.717) is 5.95 Å². The summed E-state index contributed by atoms with van der Waals surface area (Å²) in [5.74, 6) is 6.44. The number of rotatable bonds is 5. The third-order valence-electron chi connectivity index (χ3n) is 2.48. The van der Waals surface area contributed by atoms with Crippen molar-refractivity contribution in [3.8, 4) is 0 Å². The van der Waals surface area contributed by atoms with E-state index in [1.54, 1.807) is 17.5 Å². The summed E-state index contributed by atoms with van der Waals surface area (Å²) in [6.07, 6.45) is 2.65. The molecule has 1 atom stereocenters. The average Bonchev–Trinajstić information content (AvgIpc) is 2.91. The number of aromatic nitrogens is 2. The molecule has 0 radical (unpaired) electrons. The number of hydrogen-bond donors (Lipinski definition) is 3. The van der Waals surface area contributed by atoms with Crippen LogP contribution < -0.4 is 16.6 Å². The predicted molar refractivity (Wildman–Crippen MR) is 78.5 cm³/mol. The van der Waals surface area contributed by atoms with Crippen molar-refractivity contribution in [2.45, 2.75) is 19.4 Å². The highest BCUT2D eigenvalue weighted by Crippen LogP contribution is 2.29. The van der Waals surface area contributed by atoms with Gasteiger partial charge in [-0.3, -0.25) is 5.43 Å². The molecule has 1 unspecified atom stereocenters. The SMILES string of the molecule is CCC(Nc1nc(NN)ncc1Br)c1cccs1. The van der Waals surface area contributed by atoms with Crippen LogP contribution in [0.1, 0.15) is 24.3 Å². The van der Waals surface area contributed by atoms with Crippen LogP contribution in [-0.2, 0) is 0 Å². The smallest absolute Gasteiger partial charge is 0.239 e. The Morgan fingerprint density at radius 3 is 3.00 bits per heavy atom. The second-order valence-corrected chi connectivity index (χ2v) is 5.49. The van der Waals surface area contributed by atoms with Gasteiger partial charge in [-0.1, -0.05) is 13.0 Å². The van der Waals surface area contributed by atoms with Crippen LogP contribution in [0.3, 0.4) is 0 Å². The van der Waals surface area contributed by atoms with Gasteiger partial charge in [0.25, 0.3) is 0 Å². The topological polar surface area (TPSA) is 75.9 Å². The number of thiophene rings is 1. The molecule has 2 heterocycles. The second-order valence-electron chi connectivity index (χ2n) is 3.66. The van der Waals surface area contributed by atoms with E-state index in [9.17, 15) is 0 Å². The van der Waals surface area contributed by atoms with Gasteiger partial charge in [0.1, 0.15) is 5.82 Å². The third kappa shape index (κ3) is 2.98. The number of anilines is 2. The number of halogens is 1. The molecule has 0 amide bonds. The van der Waals surface area contributed by atoms with Crippen LogP contribution in [0.15, 0.2) is 28.2 Å². The maximum Gasteiger partial charge on any atom is 0.239 e. The predicted octanol–water partition coefficient (Wildman–Crippen LogP) is 3.15. The average molecular weight is 328 g/mol. The first-order chi connectivity index (χ1) is 8.74. The standard InChI is InChI=1S/C11H14BrN5S/c1-2-8(9-4-3-5-18-9)15-10-7(12)6-14-11(16-10)17-13/h3-6,8H,2,13H2,1H3,(H2,14,15,16,17). The minimum Gasteiger partial charge on any atom is -0.361 e. The highest BCUT2D eigenvalue weighted by atomic mass is 79.9. The number of nitrogens with one attached hydrogen (secondary N) is 2. The normalized spacial score (nSPS) is 12.2. The van der Waals surface area contributed by atoms with E-state index in [2.05, 4.69) is 55.0 Å². The Hall–Kier alpha value is -1.18. The number of nitrogen functional groups attached to an aromatic ring is 1. The molecule has 0 aromatic carbocycles. The summed E-state index contributed by atoms with van der Waals surface area (Å²) < 4.78 is 0.816. The lowest BCUT2D eigenvalue weighted by Gasteiger charge is -2.17. The largest absolute Gasteiger partial charge is 0.361 e. The molecule has 0 bridgehead atoms. The third-order valence-corrected chi connectivity index (χ3v) is 4.05. The van der Waals surface area contributed by atoms with Crippen LogP contribution in [-0.4, -0.2) is 9.97 Å². The summed E-state index contributed by atoms with van der Waals surface area (Å²) >= 11 is 5.16. The van der Waals surface area contributed by atoms with Crippen LogP contribution in [0.5, 0.6) is 0 Å². The molecule has 2 aromatic rings. The van der Waals surface area contributed by atoms with E-state index >= 15 is 0 Å². The van der Waals surface area contributed by atoms with Crippen LogP contribution >= 0.6 is 27.3 Å². The Kier molecular flexibility index (Phi) is 4.51. The van der Waals surface area contributed by atoms with Gasteiger partial charge < -0.3 is 5.32 Å². The lowest BCUT2D eigenvalue weighted by Crippen LogP contribution is -2.14. The number of hydrazine groups is 1. The molecule has 2 aromatic heterocycles. The van der Waals surface area contributed by atoms with Crippen LogP contribution in [0.25, 0.3) is 0 Å². The molecular weight excluding hydrogens is 314 g/mol. The van der Waals surface area contributed by atoms with E-state index in [4.69, 9.17) is 5.84 Å². The molecule has 7 heteroatoms. The van der Waals surface area contributed by atoms with Crippen molar-refractivity contribution in [3.63, 3.8) is 0 Å². The van der Waals surface area contributed by atoms with Crippen LogP contribution in [0.4, 0.5) is 11.8 Å². The van der Waals surface area contributed by atoms with Gasteiger partial charge in [-0.2, -0.15) is 4.98 Å². The Morgan fingerprint density at radius 2 is 2.39 bits per heavy atom. The van der Waals surface area contributed by atoms with E-state index < -0.39 is 0 Å². The van der Waals surface area contributed by atoms with E-state index in [1.807, 2.05) is 6.07 Å². The minimum atomic E-state index is 0.238. The summed E-state index contributed by atoms with van der Waals surface area (Å²) in [5, 5.41) is 5.46. The summed E-state index contributed by atoms with van der Waals surface area (Å²) in [6.45, 7) is 2.13. The highest BCUT2D eigenvalue weighted by molar-refractivity contribution is 9.10. The van der Waals surface area contributed by atoms with Gasteiger partial charge in [0, 0.05) is 11.1 Å². The van der Waals surface area contributed by atoms with Gasteiger partial charge in [-0.05, 0) is 33.8 Å². The second kappa shape index (κ2) is 6.12. The van der Waals surface area contributed by atoms with Crippen molar-refractivity contribution >= 4 is 39.0 Å². The molecule has 0 spiro atoms. The maximum atomic E-state index is 5.31. The summed E-state index contributed by atoms with van der Waals surface area (Å²) in [5.41, 5.74) is 2.44. The zero-order valence-electron chi connectivity index (χ0n) is 9.85. The first kappa shape index (κ1) is 13.3. The lowest BCUT2D eigenvalue weighted by molar-refractivity contribution is 0.757. The number of nitrogens with two attached hydrogens (primary N) is 1. The van der Waals surface area contributed by atoms with Gasteiger partial charge in [0.05, 0.1) is 10.5 Å². The lowest BCUT2D eigenvalue weighted by atomic mass is 10.2. The molecule has 96 valence electrons. The van der Waals surface area contributed by atoms with Gasteiger partial charge in [-0.25, -0.2) is 10.8 Å². The van der Waals surface area contributed by atoms with Crippen molar-refractivity contribution in [3.05, 3.63) is 33.1 Å². The van der Waals surface area contributed by atoms with E-state index in [0.717, 1.165) is 16.7 Å². The Morgan fingerprint density at radius 1 is 1.56 bits per heavy atom. The molecule has 0 saturated carbocycles. The summed E-state index contributed by atoms with van der Waals surface area (Å²) in [6, 6.07) is 4.40. The zero-order chi connectivity index (χ0) is 13.0. The fourth-order valence-electron chi connectivity index (χ4n) is 1.57. The van der Waals surface area contributed by atoms with Crippen molar-refractivity contribution in [1.82, 2.24) is 9.97 Å². The number of nitrogens with zero attached hydrogens (tertiary/aromatic N) is 2. The fraction of sp³-hybridized carbons (Fsp3) is 0.273. The molecule has 2 rings (SSSR count). The summed E-state index contributed by atoms with van der Waals surface area (Å²) in [7, 11) is 0. The summed E-state index contributed by atoms with van der Waals surface area (Å²) in [4.78, 5) is 9.59. The highest BCUT2D eigenvalue weighted by Gasteiger charge is 2.13. The van der Waals surface area contributed by atoms with Crippen LogP contribution in [0.2, 0.25) is 0 Å². The van der Waals surface area contributed by atoms with Gasteiger partial charge >= 0.3 is 0 Å². The number of hydrogen-bond acceptors (Lipinski definition) is 6.